The monoisotopic (exact) mass is 298 g/mol. The summed E-state index contributed by atoms with van der Waals surface area (Å²) in [6.07, 6.45) is 2.98. The summed E-state index contributed by atoms with van der Waals surface area (Å²) in [5.41, 5.74) is 0.941. The Balaban J connectivity index is 1.82. The lowest BCUT2D eigenvalue weighted by atomic mass is 9.80. The van der Waals surface area contributed by atoms with Crippen LogP contribution < -0.4 is 10.6 Å². The van der Waals surface area contributed by atoms with Crippen LogP contribution in [0.25, 0.3) is 0 Å². The van der Waals surface area contributed by atoms with E-state index in [1.165, 1.54) is 31.7 Å². The van der Waals surface area contributed by atoms with Gasteiger partial charge in [0.05, 0.1) is 16.9 Å². The fraction of sp³-hybridized carbons (Fsp3) is 0.625. The fourth-order valence-corrected chi connectivity index (χ4v) is 3.48. The average Bonchev–Trinajstić information content (AvgIpc) is 2.78. The Morgan fingerprint density at radius 3 is 2.10 bits per heavy atom. The number of alkyl halides is 3. The molecule has 2 N–H and O–H groups in total. The van der Waals surface area contributed by atoms with Gasteiger partial charge >= 0.3 is 6.18 Å². The summed E-state index contributed by atoms with van der Waals surface area (Å²) in [7, 11) is 0. The lowest BCUT2D eigenvalue weighted by Crippen LogP contribution is -2.34. The van der Waals surface area contributed by atoms with E-state index in [9.17, 15) is 13.2 Å². The topological polar surface area (TPSA) is 24.1 Å². The standard InChI is InChI=1S/C16H21F3N2/c17-16(18,19)12-5-6-13-14(9-12)21-11-15(10-20-13)7-3-1-2-4-8-15/h5-6,9,20-21H,1-4,7-8,10-11H2. The van der Waals surface area contributed by atoms with Crippen LogP contribution in [0.1, 0.15) is 44.1 Å². The van der Waals surface area contributed by atoms with Crippen molar-refractivity contribution in [2.24, 2.45) is 5.41 Å². The minimum atomic E-state index is -4.29. The quantitative estimate of drug-likeness (QED) is 0.713. The van der Waals surface area contributed by atoms with Crippen molar-refractivity contribution in [3.63, 3.8) is 0 Å². The summed E-state index contributed by atoms with van der Waals surface area (Å²) in [6, 6.07) is 3.91. The van der Waals surface area contributed by atoms with Crippen molar-refractivity contribution in [2.45, 2.75) is 44.7 Å². The van der Waals surface area contributed by atoms with Gasteiger partial charge in [0.2, 0.25) is 0 Å². The highest BCUT2D eigenvalue weighted by Gasteiger charge is 2.35. The zero-order valence-corrected chi connectivity index (χ0v) is 12.0. The molecule has 0 bridgehead atoms. The molecule has 0 saturated heterocycles. The second-order valence-electron chi connectivity index (χ2n) is 6.38. The number of hydrogen-bond donors (Lipinski definition) is 2. The third kappa shape index (κ3) is 3.11. The molecule has 0 atom stereocenters. The molecular weight excluding hydrogens is 277 g/mol. The lowest BCUT2D eigenvalue weighted by molar-refractivity contribution is -0.137. The Labute approximate surface area is 123 Å². The second-order valence-corrected chi connectivity index (χ2v) is 6.38. The summed E-state index contributed by atoms with van der Waals surface area (Å²) in [5, 5.41) is 6.63. The van der Waals surface area contributed by atoms with E-state index in [0.29, 0.717) is 5.69 Å². The Morgan fingerprint density at radius 2 is 1.48 bits per heavy atom. The van der Waals surface area contributed by atoms with Crippen LogP contribution in [0.4, 0.5) is 24.5 Å². The summed E-state index contributed by atoms with van der Waals surface area (Å²) < 4.78 is 38.4. The molecule has 5 heteroatoms. The number of hydrogen-bond acceptors (Lipinski definition) is 2. The summed E-state index contributed by atoms with van der Waals surface area (Å²) >= 11 is 0. The zero-order valence-electron chi connectivity index (χ0n) is 12.0. The van der Waals surface area contributed by atoms with Crippen LogP contribution in [0.2, 0.25) is 0 Å². The molecule has 0 radical (unpaired) electrons. The number of anilines is 2. The fourth-order valence-electron chi connectivity index (χ4n) is 3.48. The van der Waals surface area contributed by atoms with E-state index >= 15 is 0 Å². The summed E-state index contributed by atoms with van der Waals surface area (Å²) in [5.74, 6) is 0. The number of benzene rings is 1. The molecule has 0 unspecified atom stereocenters. The van der Waals surface area contributed by atoms with E-state index in [4.69, 9.17) is 0 Å². The molecule has 1 aliphatic heterocycles. The van der Waals surface area contributed by atoms with E-state index in [2.05, 4.69) is 10.6 Å². The first-order valence-corrected chi connectivity index (χ1v) is 7.68. The molecule has 1 aliphatic carbocycles. The van der Waals surface area contributed by atoms with Crippen molar-refractivity contribution in [3.8, 4) is 0 Å². The minimum absolute atomic E-state index is 0.175. The Hall–Kier alpha value is -1.39. The molecule has 2 nitrogen and oxygen atoms in total. The van der Waals surface area contributed by atoms with Gasteiger partial charge in [-0.25, -0.2) is 0 Å². The first-order valence-electron chi connectivity index (χ1n) is 7.68. The van der Waals surface area contributed by atoms with Gasteiger partial charge in [0, 0.05) is 18.5 Å². The molecule has 1 aromatic rings. The Bertz CT molecular complexity index is 503. The molecule has 1 aromatic carbocycles. The zero-order chi connectivity index (χ0) is 14.9. The minimum Gasteiger partial charge on any atom is -0.383 e. The maximum atomic E-state index is 12.8. The maximum absolute atomic E-state index is 12.8. The highest BCUT2D eigenvalue weighted by molar-refractivity contribution is 5.71. The SMILES string of the molecule is FC(F)(F)c1ccc2c(c1)NCC1(CCCCCC1)CN2. The number of halogens is 3. The normalized spacial score (nSPS) is 21.7. The highest BCUT2D eigenvalue weighted by Crippen LogP contribution is 2.40. The first kappa shape index (κ1) is 14.5. The van der Waals surface area contributed by atoms with Crippen molar-refractivity contribution in [1.29, 1.82) is 0 Å². The van der Waals surface area contributed by atoms with Gasteiger partial charge < -0.3 is 10.6 Å². The molecule has 1 fully saturated rings. The van der Waals surface area contributed by atoms with Crippen molar-refractivity contribution in [1.82, 2.24) is 0 Å². The third-order valence-corrected chi connectivity index (χ3v) is 4.82. The van der Waals surface area contributed by atoms with Gasteiger partial charge in [0.25, 0.3) is 0 Å². The maximum Gasteiger partial charge on any atom is 0.416 e. The molecular formula is C16H21F3N2. The molecule has 1 spiro atoms. The van der Waals surface area contributed by atoms with E-state index in [1.807, 2.05) is 0 Å². The number of nitrogens with one attached hydrogen (secondary N) is 2. The first-order chi connectivity index (χ1) is 9.99. The second kappa shape index (κ2) is 5.43. The van der Waals surface area contributed by atoms with E-state index < -0.39 is 11.7 Å². The van der Waals surface area contributed by atoms with Crippen LogP contribution >= 0.6 is 0 Å². The van der Waals surface area contributed by atoms with Gasteiger partial charge in [-0.3, -0.25) is 0 Å². The van der Waals surface area contributed by atoms with Gasteiger partial charge in [-0.05, 0) is 31.0 Å². The summed E-state index contributed by atoms with van der Waals surface area (Å²) in [6.45, 7) is 1.60. The Kier molecular flexibility index (Phi) is 3.76. The molecule has 21 heavy (non-hydrogen) atoms. The van der Waals surface area contributed by atoms with Gasteiger partial charge in [-0.1, -0.05) is 25.7 Å². The van der Waals surface area contributed by atoms with E-state index in [0.717, 1.165) is 37.7 Å². The van der Waals surface area contributed by atoms with Crippen molar-refractivity contribution >= 4 is 11.4 Å². The predicted molar refractivity (Wildman–Crippen MR) is 78.6 cm³/mol. The Morgan fingerprint density at radius 1 is 0.857 bits per heavy atom. The molecule has 0 aromatic heterocycles. The van der Waals surface area contributed by atoms with Crippen LogP contribution in [0.5, 0.6) is 0 Å². The van der Waals surface area contributed by atoms with Gasteiger partial charge in [0.15, 0.2) is 0 Å². The van der Waals surface area contributed by atoms with Crippen LogP contribution in [-0.4, -0.2) is 13.1 Å². The van der Waals surface area contributed by atoms with Crippen molar-refractivity contribution in [3.05, 3.63) is 23.8 Å². The average molecular weight is 298 g/mol. The van der Waals surface area contributed by atoms with E-state index in [-0.39, 0.29) is 5.41 Å². The number of fused-ring (bicyclic) bond motifs is 1. The predicted octanol–water partition coefficient (Wildman–Crippen LogP) is 4.88. The largest absolute Gasteiger partial charge is 0.416 e. The smallest absolute Gasteiger partial charge is 0.383 e. The van der Waals surface area contributed by atoms with Crippen molar-refractivity contribution < 1.29 is 13.2 Å². The molecule has 3 rings (SSSR count). The molecule has 0 amide bonds. The lowest BCUT2D eigenvalue weighted by Gasteiger charge is -2.31. The summed E-state index contributed by atoms with van der Waals surface area (Å²) in [4.78, 5) is 0. The van der Waals surface area contributed by atoms with Gasteiger partial charge in [-0.2, -0.15) is 13.2 Å². The highest BCUT2D eigenvalue weighted by atomic mass is 19.4. The molecule has 1 saturated carbocycles. The van der Waals surface area contributed by atoms with Gasteiger partial charge in [0.1, 0.15) is 0 Å². The molecule has 1 heterocycles. The molecule has 116 valence electrons. The van der Waals surface area contributed by atoms with Crippen LogP contribution in [0, 0.1) is 5.41 Å². The van der Waals surface area contributed by atoms with Gasteiger partial charge in [-0.15, -0.1) is 0 Å². The number of rotatable bonds is 0. The van der Waals surface area contributed by atoms with Crippen LogP contribution in [0.15, 0.2) is 18.2 Å². The molecule has 2 aliphatic rings. The van der Waals surface area contributed by atoms with Crippen LogP contribution in [-0.2, 0) is 6.18 Å². The van der Waals surface area contributed by atoms with E-state index in [1.54, 1.807) is 6.07 Å². The van der Waals surface area contributed by atoms with Crippen LogP contribution in [0.3, 0.4) is 0 Å². The third-order valence-electron chi connectivity index (χ3n) is 4.82. The van der Waals surface area contributed by atoms with Crippen molar-refractivity contribution in [2.75, 3.05) is 23.7 Å².